The van der Waals surface area contributed by atoms with E-state index in [1.165, 1.54) is 0 Å². The number of aliphatic hydroxyl groups is 1. The van der Waals surface area contributed by atoms with Crippen LogP contribution in [0.5, 0.6) is 5.75 Å². The van der Waals surface area contributed by atoms with Crippen molar-refractivity contribution in [3.8, 4) is 17.2 Å². The van der Waals surface area contributed by atoms with Crippen molar-refractivity contribution in [2.75, 3.05) is 13.2 Å². The second kappa shape index (κ2) is 5.12. The number of ether oxygens (including phenoxy) is 1. The van der Waals surface area contributed by atoms with E-state index in [0.29, 0.717) is 18.2 Å². The maximum absolute atomic E-state index is 8.69. The second-order valence-electron chi connectivity index (χ2n) is 4.08. The largest absolute Gasteiger partial charge is 0.491 e. The molecule has 0 radical (unpaired) electrons. The van der Waals surface area contributed by atoms with E-state index >= 15 is 0 Å². The van der Waals surface area contributed by atoms with Gasteiger partial charge >= 0.3 is 0 Å². The Morgan fingerprint density at radius 1 is 1.05 bits per heavy atom. The fourth-order valence-corrected chi connectivity index (χ4v) is 1.85. The molecule has 2 aromatic carbocycles. The quantitative estimate of drug-likeness (QED) is 0.778. The number of aliphatic hydroxyl groups excluding tert-OH is 1. The molecule has 0 aliphatic carbocycles. The highest BCUT2D eigenvalue weighted by Gasteiger charge is 2.07. The summed E-state index contributed by atoms with van der Waals surface area (Å²) in [5, 5.41) is 8.69. The number of aromatic nitrogens is 1. The summed E-state index contributed by atoms with van der Waals surface area (Å²) in [6, 6.07) is 15.1. The Bertz CT molecular complexity index is 640. The fourth-order valence-electron chi connectivity index (χ4n) is 1.85. The fraction of sp³-hybridized carbons (Fsp3) is 0.133. The molecule has 96 valence electrons. The Labute approximate surface area is 110 Å². The van der Waals surface area contributed by atoms with E-state index in [4.69, 9.17) is 14.3 Å². The third kappa shape index (κ3) is 2.44. The van der Waals surface area contributed by atoms with E-state index in [1.807, 2.05) is 48.5 Å². The van der Waals surface area contributed by atoms with Crippen LogP contribution in [0.3, 0.4) is 0 Å². The van der Waals surface area contributed by atoms with Crippen LogP contribution in [-0.4, -0.2) is 23.3 Å². The SMILES string of the molecule is OCCOc1ccc(-c2nc3ccccc3o2)cc1. The molecule has 19 heavy (non-hydrogen) atoms. The summed E-state index contributed by atoms with van der Waals surface area (Å²) in [5.41, 5.74) is 2.52. The topological polar surface area (TPSA) is 55.5 Å². The van der Waals surface area contributed by atoms with Gasteiger partial charge in [0.25, 0.3) is 0 Å². The van der Waals surface area contributed by atoms with Gasteiger partial charge in [-0.05, 0) is 36.4 Å². The van der Waals surface area contributed by atoms with E-state index in [0.717, 1.165) is 16.7 Å². The standard InChI is InChI=1S/C15H13NO3/c17-9-10-18-12-7-5-11(6-8-12)15-16-13-3-1-2-4-14(13)19-15/h1-8,17H,9-10H2. The smallest absolute Gasteiger partial charge is 0.227 e. The maximum atomic E-state index is 8.69. The summed E-state index contributed by atoms with van der Waals surface area (Å²) in [7, 11) is 0. The number of rotatable bonds is 4. The van der Waals surface area contributed by atoms with Gasteiger partial charge in [-0.3, -0.25) is 0 Å². The summed E-state index contributed by atoms with van der Waals surface area (Å²) < 4.78 is 11.0. The second-order valence-corrected chi connectivity index (χ2v) is 4.08. The lowest BCUT2D eigenvalue weighted by molar-refractivity contribution is 0.201. The molecule has 0 saturated heterocycles. The van der Waals surface area contributed by atoms with Gasteiger partial charge in [0.1, 0.15) is 17.9 Å². The summed E-state index contributed by atoms with van der Waals surface area (Å²) in [5.74, 6) is 1.31. The molecule has 0 fully saturated rings. The minimum atomic E-state index is 0.00683. The molecule has 3 rings (SSSR count). The zero-order valence-corrected chi connectivity index (χ0v) is 10.2. The first-order valence-electron chi connectivity index (χ1n) is 6.06. The van der Waals surface area contributed by atoms with E-state index in [1.54, 1.807) is 0 Å². The van der Waals surface area contributed by atoms with Gasteiger partial charge in [0.2, 0.25) is 5.89 Å². The van der Waals surface area contributed by atoms with Gasteiger partial charge in [-0.2, -0.15) is 0 Å². The van der Waals surface area contributed by atoms with Crippen LogP contribution in [0.1, 0.15) is 0 Å². The van der Waals surface area contributed by atoms with Crippen molar-refractivity contribution in [2.45, 2.75) is 0 Å². The summed E-state index contributed by atoms with van der Waals surface area (Å²) in [6.07, 6.45) is 0. The molecule has 3 aromatic rings. The summed E-state index contributed by atoms with van der Waals surface area (Å²) in [4.78, 5) is 4.43. The molecule has 0 aliphatic rings. The first kappa shape index (κ1) is 11.7. The van der Waals surface area contributed by atoms with E-state index in [9.17, 15) is 0 Å². The predicted molar refractivity (Wildman–Crippen MR) is 72.0 cm³/mol. The number of hydrogen-bond acceptors (Lipinski definition) is 4. The van der Waals surface area contributed by atoms with Crippen molar-refractivity contribution in [1.82, 2.24) is 4.98 Å². The minimum absolute atomic E-state index is 0.00683. The van der Waals surface area contributed by atoms with Crippen LogP contribution in [0.25, 0.3) is 22.6 Å². The molecule has 4 heteroatoms. The number of benzene rings is 2. The molecule has 1 aromatic heterocycles. The lowest BCUT2D eigenvalue weighted by Crippen LogP contribution is -2.01. The highest BCUT2D eigenvalue weighted by molar-refractivity contribution is 5.76. The Kier molecular flexibility index (Phi) is 3.16. The number of para-hydroxylation sites is 2. The molecule has 0 amide bonds. The van der Waals surface area contributed by atoms with Crippen molar-refractivity contribution in [3.63, 3.8) is 0 Å². The molecule has 0 spiro atoms. The van der Waals surface area contributed by atoms with Gasteiger partial charge < -0.3 is 14.3 Å². The average molecular weight is 255 g/mol. The number of oxazole rings is 1. The van der Waals surface area contributed by atoms with Crippen LogP contribution in [0.4, 0.5) is 0 Å². The summed E-state index contributed by atoms with van der Waals surface area (Å²) >= 11 is 0. The molecule has 0 aliphatic heterocycles. The zero-order valence-electron chi connectivity index (χ0n) is 10.2. The summed E-state index contributed by atoms with van der Waals surface area (Å²) in [6.45, 7) is 0.301. The molecule has 1 N–H and O–H groups in total. The molecule has 0 bridgehead atoms. The van der Waals surface area contributed by atoms with Gasteiger partial charge in [-0.15, -0.1) is 0 Å². The van der Waals surface area contributed by atoms with Crippen LogP contribution in [0.2, 0.25) is 0 Å². The van der Waals surface area contributed by atoms with Crippen molar-refractivity contribution in [3.05, 3.63) is 48.5 Å². The predicted octanol–water partition coefficient (Wildman–Crippen LogP) is 2.87. The van der Waals surface area contributed by atoms with Gasteiger partial charge in [0.05, 0.1) is 6.61 Å². The maximum Gasteiger partial charge on any atom is 0.227 e. The van der Waals surface area contributed by atoms with Crippen LogP contribution in [-0.2, 0) is 0 Å². The average Bonchev–Trinajstić information content (AvgIpc) is 2.89. The van der Waals surface area contributed by atoms with Crippen molar-refractivity contribution in [2.24, 2.45) is 0 Å². The highest BCUT2D eigenvalue weighted by atomic mass is 16.5. The third-order valence-electron chi connectivity index (χ3n) is 2.76. The Morgan fingerprint density at radius 2 is 1.84 bits per heavy atom. The monoisotopic (exact) mass is 255 g/mol. The molecule has 1 heterocycles. The van der Waals surface area contributed by atoms with Crippen LogP contribution in [0.15, 0.2) is 52.9 Å². The Balaban J connectivity index is 1.88. The van der Waals surface area contributed by atoms with Crippen LogP contribution < -0.4 is 4.74 Å². The van der Waals surface area contributed by atoms with Crippen LogP contribution in [0, 0.1) is 0 Å². The Hall–Kier alpha value is -2.33. The van der Waals surface area contributed by atoms with Crippen molar-refractivity contribution in [1.29, 1.82) is 0 Å². The zero-order chi connectivity index (χ0) is 13.1. The van der Waals surface area contributed by atoms with Crippen LogP contribution >= 0.6 is 0 Å². The van der Waals surface area contributed by atoms with Gasteiger partial charge in [0, 0.05) is 5.56 Å². The molecule has 0 unspecified atom stereocenters. The number of fused-ring (bicyclic) bond motifs is 1. The molecular weight excluding hydrogens is 242 g/mol. The molecule has 0 saturated carbocycles. The van der Waals surface area contributed by atoms with E-state index in [-0.39, 0.29) is 6.61 Å². The first-order valence-corrected chi connectivity index (χ1v) is 6.06. The normalized spacial score (nSPS) is 10.8. The number of nitrogens with zero attached hydrogens (tertiary/aromatic N) is 1. The van der Waals surface area contributed by atoms with Crippen molar-refractivity contribution >= 4 is 11.1 Å². The first-order chi connectivity index (χ1) is 9.36. The van der Waals surface area contributed by atoms with Gasteiger partial charge in [-0.25, -0.2) is 4.98 Å². The van der Waals surface area contributed by atoms with E-state index in [2.05, 4.69) is 4.98 Å². The minimum Gasteiger partial charge on any atom is -0.491 e. The number of hydrogen-bond donors (Lipinski definition) is 1. The third-order valence-corrected chi connectivity index (χ3v) is 2.76. The molecule has 0 atom stereocenters. The van der Waals surface area contributed by atoms with E-state index < -0.39 is 0 Å². The van der Waals surface area contributed by atoms with Gasteiger partial charge in [0.15, 0.2) is 5.58 Å². The lowest BCUT2D eigenvalue weighted by Gasteiger charge is -2.03. The van der Waals surface area contributed by atoms with Gasteiger partial charge in [-0.1, -0.05) is 12.1 Å². The van der Waals surface area contributed by atoms with Crippen molar-refractivity contribution < 1.29 is 14.3 Å². The lowest BCUT2D eigenvalue weighted by atomic mass is 10.2. The molecular formula is C15H13NO3. The highest BCUT2D eigenvalue weighted by Crippen LogP contribution is 2.25. The Morgan fingerprint density at radius 3 is 2.58 bits per heavy atom. The molecule has 4 nitrogen and oxygen atoms in total.